The number of carbonyl (C=O) groups excluding carboxylic acids is 2. The van der Waals surface area contributed by atoms with Crippen molar-refractivity contribution in [3.8, 4) is 17.2 Å². The number of hydrogen-bond donors (Lipinski definition) is 3. The van der Waals surface area contributed by atoms with E-state index in [9.17, 15) is 14.4 Å². The lowest BCUT2D eigenvalue weighted by atomic mass is 10.1. The van der Waals surface area contributed by atoms with Gasteiger partial charge in [0, 0.05) is 0 Å². The maximum Gasteiger partial charge on any atom is 0.322 e. The highest BCUT2D eigenvalue weighted by atomic mass is 16.7. The molecule has 0 saturated carbocycles. The van der Waals surface area contributed by atoms with Gasteiger partial charge < -0.3 is 30.0 Å². The van der Waals surface area contributed by atoms with Gasteiger partial charge in [-0.05, 0) is 35.9 Å². The smallest absolute Gasteiger partial charge is 0.322 e. The largest absolute Gasteiger partial charge is 0.496 e. The van der Waals surface area contributed by atoms with E-state index in [1.165, 1.54) is 13.2 Å². The van der Waals surface area contributed by atoms with Gasteiger partial charge in [-0.2, -0.15) is 0 Å². The average molecular weight is 398 g/mol. The lowest BCUT2D eigenvalue weighted by molar-refractivity contribution is -0.137. The van der Waals surface area contributed by atoms with Crippen LogP contribution in [-0.2, 0) is 9.59 Å². The van der Waals surface area contributed by atoms with E-state index in [-0.39, 0.29) is 18.1 Å². The summed E-state index contributed by atoms with van der Waals surface area (Å²) < 4.78 is 15.7. The molecule has 150 valence electrons. The summed E-state index contributed by atoms with van der Waals surface area (Å²) in [6.07, 6.45) is 1.41. The number of para-hydroxylation sites is 1. The molecule has 3 rings (SSSR count). The number of amides is 2. The highest BCUT2D eigenvalue weighted by Gasteiger charge is 2.19. The third-order valence-corrected chi connectivity index (χ3v) is 3.95. The molecule has 2 amide bonds. The van der Waals surface area contributed by atoms with Crippen molar-refractivity contribution < 1.29 is 33.7 Å². The maximum absolute atomic E-state index is 12.7. The molecule has 9 heteroatoms. The number of nitrogens with one attached hydrogen (secondary N) is 2. The zero-order valence-corrected chi connectivity index (χ0v) is 15.4. The van der Waals surface area contributed by atoms with Crippen LogP contribution in [0.5, 0.6) is 17.2 Å². The van der Waals surface area contributed by atoms with Gasteiger partial charge in [-0.15, -0.1) is 0 Å². The van der Waals surface area contributed by atoms with E-state index in [0.717, 1.165) is 0 Å². The molecule has 1 aliphatic heterocycles. The van der Waals surface area contributed by atoms with Crippen LogP contribution >= 0.6 is 0 Å². The number of hydrogen-bond acceptors (Lipinski definition) is 6. The van der Waals surface area contributed by atoms with Gasteiger partial charge >= 0.3 is 5.97 Å². The predicted molar refractivity (Wildman–Crippen MR) is 102 cm³/mol. The minimum Gasteiger partial charge on any atom is -0.496 e. The van der Waals surface area contributed by atoms with Crippen LogP contribution in [0, 0.1) is 0 Å². The van der Waals surface area contributed by atoms with Gasteiger partial charge in [0.1, 0.15) is 18.0 Å². The predicted octanol–water partition coefficient (Wildman–Crippen LogP) is 1.40. The Kier molecular flexibility index (Phi) is 5.98. The normalized spacial score (nSPS) is 12.2. The van der Waals surface area contributed by atoms with Crippen molar-refractivity contribution in [2.24, 2.45) is 0 Å². The number of fused-ring (bicyclic) bond motifs is 1. The van der Waals surface area contributed by atoms with E-state index in [2.05, 4.69) is 10.6 Å². The average Bonchev–Trinajstić information content (AvgIpc) is 3.19. The van der Waals surface area contributed by atoms with E-state index in [0.29, 0.717) is 22.8 Å². The van der Waals surface area contributed by atoms with Gasteiger partial charge in [-0.3, -0.25) is 14.4 Å². The standard InChI is InChI=1S/C20H18N2O7/c1-27-15-5-3-2-4-13(15)19(25)22-14(20(26)21-10-18(23)24)8-12-6-7-16-17(9-12)29-11-28-16/h2-9H,10-11H2,1H3,(H,21,26)(H,22,25)(H,23,24)/b14-8-. The van der Waals surface area contributed by atoms with Crippen LogP contribution in [0.15, 0.2) is 48.2 Å². The molecule has 2 aromatic carbocycles. The molecule has 0 aliphatic carbocycles. The molecule has 1 heterocycles. The lowest BCUT2D eigenvalue weighted by Gasteiger charge is -2.12. The second-order valence-electron chi connectivity index (χ2n) is 5.90. The Morgan fingerprint density at radius 2 is 1.90 bits per heavy atom. The first kappa shape index (κ1) is 19.7. The molecule has 0 bridgehead atoms. The van der Waals surface area contributed by atoms with E-state index < -0.39 is 24.3 Å². The number of ether oxygens (including phenoxy) is 3. The third-order valence-electron chi connectivity index (χ3n) is 3.95. The van der Waals surface area contributed by atoms with E-state index in [1.807, 2.05) is 0 Å². The molecule has 0 unspecified atom stereocenters. The summed E-state index contributed by atoms with van der Waals surface area (Å²) in [5.74, 6) is -1.15. The van der Waals surface area contributed by atoms with Gasteiger partial charge in [-0.25, -0.2) is 0 Å². The van der Waals surface area contributed by atoms with E-state index in [1.54, 1.807) is 42.5 Å². The summed E-state index contributed by atoms with van der Waals surface area (Å²) in [5, 5.41) is 13.5. The molecular weight excluding hydrogens is 380 g/mol. The maximum atomic E-state index is 12.7. The number of carboxylic acids is 1. The fourth-order valence-corrected chi connectivity index (χ4v) is 2.60. The third kappa shape index (κ3) is 4.83. The van der Waals surface area contributed by atoms with Crippen LogP contribution in [0.25, 0.3) is 6.08 Å². The fraction of sp³-hybridized carbons (Fsp3) is 0.150. The van der Waals surface area contributed by atoms with E-state index in [4.69, 9.17) is 19.3 Å². The molecule has 0 saturated heterocycles. The molecule has 9 nitrogen and oxygen atoms in total. The van der Waals surface area contributed by atoms with Crippen LogP contribution < -0.4 is 24.8 Å². The molecule has 1 aliphatic rings. The number of carboxylic acid groups (broad SMARTS) is 1. The number of rotatable bonds is 7. The van der Waals surface area contributed by atoms with E-state index >= 15 is 0 Å². The van der Waals surface area contributed by atoms with Crippen LogP contribution in [0.3, 0.4) is 0 Å². The van der Waals surface area contributed by atoms with Crippen LogP contribution in [-0.4, -0.2) is 43.3 Å². The summed E-state index contributed by atoms with van der Waals surface area (Å²) in [5.41, 5.74) is 0.633. The van der Waals surface area contributed by atoms with Crippen molar-refractivity contribution in [3.05, 3.63) is 59.3 Å². The second-order valence-corrected chi connectivity index (χ2v) is 5.90. The summed E-state index contributed by atoms with van der Waals surface area (Å²) in [4.78, 5) is 35.9. The molecule has 2 aromatic rings. The molecule has 0 atom stereocenters. The fourth-order valence-electron chi connectivity index (χ4n) is 2.60. The van der Waals surface area contributed by atoms with Crippen LogP contribution in [0.4, 0.5) is 0 Å². The van der Waals surface area contributed by atoms with Crippen molar-refractivity contribution in [2.75, 3.05) is 20.4 Å². The highest BCUT2D eigenvalue weighted by molar-refractivity contribution is 6.06. The highest BCUT2D eigenvalue weighted by Crippen LogP contribution is 2.33. The molecule has 3 N–H and O–H groups in total. The minimum atomic E-state index is -1.21. The molecule has 29 heavy (non-hydrogen) atoms. The number of methoxy groups -OCH3 is 1. The quantitative estimate of drug-likeness (QED) is 0.602. The molecule has 0 spiro atoms. The van der Waals surface area contributed by atoms with Gasteiger partial charge in [0.05, 0.1) is 12.7 Å². The molecule has 0 fully saturated rings. The zero-order valence-electron chi connectivity index (χ0n) is 15.4. The Labute approximate surface area is 165 Å². The number of aliphatic carboxylic acids is 1. The molecule has 0 aromatic heterocycles. The van der Waals surface area contributed by atoms with Crippen molar-refractivity contribution in [1.82, 2.24) is 10.6 Å². The monoisotopic (exact) mass is 398 g/mol. The second kappa shape index (κ2) is 8.79. The minimum absolute atomic E-state index is 0.0962. The Bertz CT molecular complexity index is 985. The van der Waals surface area contributed by atoms with Crippen LogP contribution in [0.1, 0.15) is 15.9 Å². The zero-order chi connectivity index (χ0) is 20.8. The summed E-state index contributed by atoms with van der Waals surface area (Å²) in [6.45, 7) is -0.499. The van der Waals surface area contributed by atoms with Crippen molar-refractivity contribution in [3.63, 3.8) is 0 Å². The van der Waals surface area contributed by atoms with Gasteiger partial charge in [-0.1, -0.05) is 18.2 Å². The number of carbonyl (C=O) groups is 3. The SMILES string of the molecule is COc1ccccc1C(=O)N/C(=C\c1ccc2c(c1)OCO2)C(=O)NCC(=O)O. The first-order valence-corrected chi connectivity index (χ1v) is 8.53. The molecular formula is C20H18N2O7. The van der Waals surface area contributed by atoms with Gasteiger partial charge in [0.15, 0.2) is 11.5 Å². The summed E-state index contributed by atoms with van der Waals surface area (Å²) in [7, 11) is 1.43. The van der Waals surface area contributed by atoms with Gasteiger partial charge in [0.25, 0.3) is 11.8 Å². The Morgan fingerprint density at radius 3 is 2.66 bits per heavy atom. The van der Waals surface area contributed by atoms with Crippen molar-refractivity contribution in [2.45, 2.75) is 0 Å². The summed E-state index contributed by atoms with van der Waals surface area (Å²) in [6, 6.07) is 11.5. The van der Waals surface area contributed by atoms with Crippen LogP contribution in [0.2, 0.25) is 0 Å². The Morgan fingerprint density at radius 1 is 1.14 bits per heavy atom. The first-order chi connectivity index (χ1) is 14.0. The number of benzene rings is 2. The first-order valence-electron chi connectivity index (χ1n) is 8.53. The van der Waals surface area contributed by atoms with Crippen molar-refractivity contribution in [1.29, 1.82) is 0 Å². The summed E-state index contributed by atoms with van der Waals surface area (Å²) >= 11 is 0. The molecule has 0 radical (unpaired) electrons. The lowest BCUT2D eigenvalue weighted by Crippen LogP contribution is -2.37. The van der Waals surface area contributed by atoms with Crippen molar-refractivity contribution >= 4 is 23.9 Å². The topological polar surface area (TPSA) is 123 Å². The Hall–Kier alpha value is -4.01. The van der Waals surface area contributed by atoms with Gasteiger partial charge in [0.2, 0.25) is 6.79 Å². The Balaban J connectivity index is 1.89.